The first kappa shape index (κ1) is 12.1. The molecular weight excluding hydrogens is 256 g/mol. The highest BCUT2D eigenvalue weighted by atomic mass is 16.5. The molecule has 1 N–H and O–H groups in total. The molecule has 0 radical (unpaired) electrons. The topological polar surface area (TPSA) is 72.3 Å². The molecule has 0 atom stereocenters. The van der Waals surface area contributed by atoms with E-state index < -0.39 is 5.97 Å². The number of hydrogen-bond acceptors (Lipinski definition) is 4. The Balaban J connectivity index is 1.99. The molecule has 2 aromatic heterocycles. The highest BCUT2D eigenvalue weighted by Gasteiger charge is 2.12. The lowest BCUT2D eigenvalue weighted by Gasteiger charge is -2.08. The predicted octanol–water partition coefficient (Wildman–Crippen LogP) is 3.12. The molecule has 2 heterocycles. The molecule has 98 valence electrons. The number of pyridine rings is 2. The second-order valence-electron chi connectivity index (χ2n) is 4.14. The van der Waals surface area contributed by atoms with E-state index in [1.165, 1.54) is 18.5 Å². The van der Waals surface area contributed by atoms with E-state index in [9.17, 15) is 4.79 Å². The van der Waals surface area contributed by atoms with Crippen LogP contribution in [0.5, 0.6) is 11.5 Å². The maximum atomic E-state index is 11.1. The number of rotatable bonds is 3. The van der Waals surface area contributed by atoms with Crippen LogP contribution in [0.3, 0.4) is 0 Å². The van der Waals surface area contributed by atoms with Crippen molar-refractivity contribution in [3.8, 4) is 11.5 Å². The average molecular weight is 266 g/mol. The van der Waals surface area contributed by atoms with Gasteiger partial charge in [0.05, 0.1) is 5.52 Å². The normalized spacial score (nSPS) is 10.4. The highest BCUT2D eigenvalue weighted by molar-refractivity contribution is 5.90. The molecule has 0 bridgehead atoms. The maximum absolute atomic E-state index is 11.1. The van der Waals surface area contributed by atoms with Gasteiger partial charge in [0.25, 0.3) is 0 Å². The summed E-state index contributed by atoms with van der Waals surface area (Å²) in [6.45, 7) is 0. The smallest absolute Gasteiger partial charge is 0.341 e. The number of benzene rings is 1. The number of ether oxygens (including phenoxy) is 1. The standard InChI is InChI=1S/C15H10N2O3/c18-15(19)12-9-16-7-5-14(12)20-11-4-3-10-2-1-6-17-13(10)8-11/h1-9H,(H,18,19). The zero-order valence-corrected chi connectivity index (χ0v) is 10.4. The van der Waals surface area contributed by atoms with Crippen LogP contribution in [0.4, 0.5) is 0 Å². The summed E-state index contributed by atoms with van der Waals surface area (Å²) < 4.78 is 5.62. The van der Waals surface area contributed by atoms with Crippen molar-refractivity contribution in [2.45, 2.75) is 0 Å². The van der Waals surface area contributed by atoms with E-state index >= 15 is 0 Å². The molecule has 5 heteroatoms. The van der Waals surface area contributed by atoms with Crippen LogP contribution in [-0.2, 0) is 0 Å². The number of carbonyl (C=O) groups is 1. The van der Waals surface area contributed by atoms with E-state index in [0.29, 0.717) is 5.75 Å². The van der Waals surface area contributed by atoms with Crippen molar-refractivity contribution in [3.05, 3.63) is 60.6 Å². The van der Waals surface area contributed by atoms with Crippen LogP contribution in [-0.4, -0.2) is 21.0 Å². The molecule has 0 amide bonds. The Hall–Kier alpha value is -2.95. The molecule has 5 nitrogen and oxygen atoms in total. The molecule has 3 aromatic rings. The van der Waals surface area contributed by atoms with Crippen LogP contribution in [0.2, 0.25) is 0 Å². The van der Waals surface area contributed by atoms with E-state index in [1.807, 2.05) is 18.2 Å². The number of nitrogens with zero attached hydrogens (tertiary/aromatic N) is 2. The van der Waals surface area contributed by atoms with Crippen molar-refractivity contribution in [3.63, 3.8) is 0 Å². The fourth-order valence-corrected chi connectivity index (χ4v) is 1.87. The molecular formula is C15H10N2O3. The molecule has 3 rings (SSSR count). The van der Waals surface area contributed by atoms with Gasteiger partial charge in [0.2, 0.25) is 0 Å². The van der Waals surface area contributed by atoms with E-state index in [-0.39, 0.29) is 11.3 Å². The van der Waals surface area contributed by atoms with Crippen LogP contribution >= 0.6 is 0 Å². The zero-order valence-electron chi connectivity index (χ0n) is 10.4. The average Bonchev–Trinajstić information content (AvgIpc) is 2.47. The van der Waals surface area contributed by atoms with Gasteiger partial charge < -0.3 is 9.84 Å². The predicted molar refractivity (Wildman–Crippen MR) is 73.0 cm³/mol. The summed E-state index contributed by atoms with van der Waals surface area (Å²) in [6, 6.07) is 10.7. The first-order valence-corrected chi connectivity index (χ1v) is 5.94. The summed E-state index contributed by atoms with van der Waals surface area (Å²) in [4.78, 5) is 19.1. The van der Waals surface area contributed by atoms with E-state index in [0.717, 1.165) is 10.9 Å². The van der Waals surface area contributed by atoms with Gasteiger partial charge in [-0.15, -0.1) is 0 Å². The van der Waals surface area contributed by atoms with Gasteiger partial charge >= 0.3 is 5.97 Å². The fourth-order valence-electron chi connectivity index (χ4n) is 1.87. The van der Waals surface area contributed by atoms with Crippen molar-refractivity contribution in [2.24, 2.45) is 0 Å². The lowest BCUT2D eigenvalue weighted by Crippen LogP contribution is -2.00. The highest BCUT2D eigenvalue weighted by Crippen LogP contribution is 2.26. The molecule has 0 fully saturated rings. The minimum absolute atomic E-state index is 0.0219. The number of hydrogen-bond donors (Lipinski definition) is 1. The Bertz CT molecular complexity index is 787. The van der Waals surface area contributed by atoms with Crippen molar-refractivity contribution in [2.75, 3.05) is 0 Å². The summed E-state index contributed by atoms with van der Waals surface area (Å²) in [5, 5.41) is 10.1. The van der Waals surface area contributed by atoms with Gasteiger partial charge in [0.1, 0.15) is 17.1 Å². The molecule has 0 saturated heterocycles. The van der Waals surface area contributed by atoms with E-state index in [4.69, 9.17) is 9.84 Å². The molecule has 0 spiro atoms. The van der Waals surface area contributed by atoms with Gasteiger partial charge in [-0.3, -0.25) is 9.97 Å². The molecule has 0 aliphatic carbocycles. The number of fused-ring (bicyclic) bond motifs is 1. The van der Waals surface area contributed by atoms with E-state index in [2.05, 4.69) is 9.97 Å². The monoisotopic (exact) mass is 266 g/mol. The summed E-state index contributed by atoms with van der Waals surface area (Å²) in [5.41, 5.74) is 0.810. The molecule has 0 aliphatic rings. The fraction of sp³-hybridized carbons (Fsp3) is 0. The van der Waals surface area contributed by atoms with Crippen molar-refractivity contribution in [1.82, 2.24) is 9.97 Å². The minimum Gasteiger partial charge on any atom is -0.477 e. The van der Waals surface area contributed by atoms with Crippen LogP contribution in [0.25, 0.3) is 10.9 Å². The summed E-state index contributed by atoms with van der Waals surface area (Å²) in [6.07, 6.45) is 4.44. The van der Waals surface area contributed by atoms with Crippen molar-refractivity contribution < 1.29 is 14.6 Å². The van der Waals surface area contributed by atoms with Crippen LogP contribution in [0.15, 0.2) is 55.0 Å². The third-order valence-electron chi connectivity index (χ3n) is 2.82. The third kappa shape index (κ3) is 2.29. The molecule has 0 saturated carbocycles. The molecule has 0 unspecified atom stereocenters. The number of carboxylic acid groups (broad SMARTS) is 1. The van der Waals surface area contributed by atoms with Crippen LogP contribution < -0.4 is 4.74 Å². The number of carboxylic acids is 1. The zero-order chi connectivity index (χ0) is 13.9. The van der Waals surface area contributed by atoms with Gasteiger partial charge in [-0.25, -0.2) is 4.79 Å². The largest absolute Gasteiger partial charge is 0.477 e. The second kappa shape index (κ2) is 4.97. The molecule has 20 heavy (non-hydrogen) atoms. The van der Waals surface area contributed by atoms with Crippen LogP contribution in [0.1, 0.15) is 10.4 Å². The Morgan fingerprint density at radius 3 is 2.90 bits per heavy atom. The van der Waals surface area contributed by atoms with Gasteiger partial charge in [0, 0.05) is 36.1 Å². The summed E-state index contributed by atoms with van der Waals surface area (Å²) >= 11 is 0. The Labute approximate surface area is 114 Å². The Morgan fingerprint density at radius 2 is 2.05 bits per heavy atom. The van der Waals surface area contributed by atoms with Gasteiger partial charge in [-0.2, -0.15) is 0 Å². The Morgan fingerprint density at radius 1 is 1.15 bits per heavy atom. The van der Waals surface area contributed by atoms with Crippen molar-refractivity contribution >= 4 is 16.9 Å². The van der Waals surface area contributed by atoms with Crippen molar-refractivity contribution in [1.29, 1.82) is 0 Å². The van der Waals surface area contributed by atoms with Gasteiger partial charge in [-0.1, -0.05) is 6.07 Å². The molecule has 0 aliphatic heterocycles. The quantitative estimate of drug-likeness (QED) is 0.788. The summed E-state index contributed by atoms with van der Waals surface area (Å²) in [5.74, 6) is -0.292. The third-order valence-corrected chi connectivity index (χ3v) is 2.82. The van der Waals surface area contributed by atoms with Crippen LogP contribution in [0, 0.1) is 0 Å². The van der Waals surface area contributed by atoms with Gasteiger partial charge in [-0.05, 0) is 18.2 Å². The first-order valence-electron chi connectivity index (χ1n) is 5.94. The number of aromatic nitrogens is 2. The SMILES string of the molecule is O=C(O)c1cnccc1Oc1ccc2cccnc2c1. The minimum atomic E-state index is -1.08. The van der Waals surface area contributed by atoms with E-state index in [1.54, 1.807) is 18.3 Å². The lowest BCUT2D eigenvalue weighted by atomic mass is 10.2. The first-order chi connectivity index (χ1) is 9.74. The number of aromatic carboxylic acids is 1. The lowest BCUT2D eigenvalue weighted by molar-refractivity contribution is 0.0693. The summed E-state index contributed by atoms with van der Waals surface area (Å²) in [7, 11) is 0. The maximum Gasteiger partial charge on any atom is 0.341 e. The second-order valence-corrected chi connectivity index (χ2v) is 4.14. The Kier molecular flexibility index (Phi) is 3.01. The van der Waals surface area contributed by atoms with Gasteiger partial charge in [0.15, 0.2) is 0 Å². The molecule has 1 aromatic carbocycles.